The lowest BCUT2D eigenvalue weighted by molar-refractivity contribution is -0.122. The number of nitriles is 1. The molecule has 0 spiro atoms. The van der Waals surface area contributed by atoms with Crippen LogP contribution in [0.2, 0.25) is 0 Å². The van der Waals surface area contributed by atoms with Gasteiger partial charge in [-0.3, -0.25) is 4.79 Å². The predicted octanol–water partition coefficient (Wildman–Crippen LogP) is 3.77. The molecule has 1 amide bonds. The number of nitrogens with zero attached hydrogens (tertiary/aromatic N) is 4. The van der Waals surface area contributed by atoms with Crippen molar-refractivity contribution < 1.29 is 4.79 Å². The number of aromatic nitrogens is 3. The molecule has 0 radical (unpaired) electrons. The third kappa shape index (κ3) is 3.22. The van der Waals surface area contributed by atoms with Crippen molar-refractivity contribution in [3.63, 3.8) is 0 Å². The molecule has 1 aliphatic rings. The van der Waals surface area contributed by atoms with E-state index in [0.717, 1.165) is 65.6 Å². The summed E-state index contributed by atoms with van der Waals surface area (Å²) >= 11 is 0. The molecule has 6 heteroatoms. The molecule has 28 heavy (non-hydrogen) atoms. The van der Waals surface area contributed by atoms with E-state index in [1.807, 2.05) is 42.6 Å². The van der Waals surface area contributed by atoms with E-state index < -0.39 is 5.54 Å². The highest BCUT2D eigenvalue weighted by atomic mass is 16.1. The minimum absolute atomic E-state index is 0.0621. The number of carbonyl (C=O) groups excluding carboxylic acids is 1. The number of hydrogen-bond donors (Lipinski definition) is 1. The molecule has 3 aromatic rings. The van der Waals surface area contributed by atoms with Gasteiger partial charge in [0.25, 0.3) is 0 Å². The van der Waals surface area contributed by atoms with Gasteiger partial charge in [-0.2, -0.15) is 10.4 Å². The summed E-state index contributed by atoms with van der Waals surface area (Å²) in [5.41, 5.74) is 4.08. The van der Waals surface area contributed by atoms with Crippen LogP contribution in [-0.2, 0) is 11.2 Å². The first-order valence-corrected chi connectivity index (χ1v) is 9.99. The molecule has 1 aromatic carbocycles. The second kappa shape index (κ2) is 7.23. The minimum atomic E-state index is -0.679. The number of rotatable bonds is 4. The highest BCUT2D eigenvalue weighted by molar-refractivity contribution is 5.92. The van der Waals surface area contributed by atoms with Crippen LogP contribution >= 0.6 is 0 Å². The molecule has 1 saturated carbocycles. The van der Waals surface area contributed by atoms with Crippen molar-refractivity contribution in [3.8, 4) is 6.07 Å². The van der Waals surface area contributed by atoms with Crippen molar-refractivity contribution in [1.82, 2.24) is 19.9 Å². The zero-order valence-corrected chi connectivity index (χ0v) is 16.5. The van der Waals surface area contributed by atoms with Crippen molar-refractivity contribution in [2.75, 3.05) is 0 Å². The monoisotopic (exact) mass is 375 g/mol. The van der Waals surface area contributed by atoms with Gasteiger partial charge in [-0.05, 0) is 50.8 Å². The van der Waals surface area contributed by atoms with Crippen molar-refractivity contribution in [3.05, 3.63) is 41.2 Å². The lowest BCUT2D eigenvalue weighted by Crippen LogP contribution is -2.48. The normalized spacial score (nSPS) is 16.2. The maximum Gasteiger partial charge on any atom is 0.221 e. The smallest absolute Gasteiger partial charge is 0.221 e. The Morgan fingerprint density at radius 1 is 1.25 bits per heavy atom. The predicted molar refractivity (Wildman–Crippen MR) is 108 cm³/mol. The van der Waals surface area contributed by atoms with Gasteiger partial charge in [0, 0.05) is 23.2 Å². The third-order valence-corrected chi connectivity index (χ3v) is 5.92. The molecule has 144 valence electrons. The molecule has 0 unspecified atom stereocenters. The second-order valence-corrected chi connectivity index (χ2v) is 7.82. The molecule has 2 heterocycles. The fraction of sp³-hybridized carbons (Fsp3) is 0.455. The number of hydrogen-bond acceptors (Lipinski definition) is 4. The van der Waals surface area contributed by atoms with Crippen LogP contribution in [-0.4, -0.2) is 26.0 Å². The van der Waals surface area contributed by atoms with Gasteiger partial charge in [0.05, 0.1) is 11.6 Å². The Labute approximate surface area is 164 Å². The van der Waals surface area contributed by atoms with Crippen molar-refractivity contribution in [2.45, 2.75) is 64.3 Å². The van der Waals surface area contributed by atoms with Crippen molar-refractivity contribution in [1.29, 1.82) is 5.26 Å². The largest absolute Gasteiger partial charge is 0.338 e. The van der Waals surface area contributed by atoms with Gasteiger partial charge in [-0.15, -0.1) is 0 Å². The Morgan fingerprint density at radius 3 is 2.75 bits per heavy atom. The van der Waals surface area contributed by atoms with E-state index in [1.165, 1.54) is 0 Å². The molecule has 1 fully saturated rings. The van der Waals surface area contributed by atoms with Gasteiger partial charge in [0.15, 0.2) is 5.65 Å². The minimum Gasteiger partial charge on any atom is -0.338 e. The van der Waals surface area contributed by atoms with E-state index >= 15 is 0 Å². The topological polar surface area (TPSA) is 83.1 Å². The van der Waals surface area contributed by atoms with Crippen LogP contribution in [0.5, 0.6) is 0 Å². The van der Waals surface area contributed by atoms with Gasteiger partial charge in [-0.1, -0.05) is 31.4 Å². The molecular weight excluding hydrogens is 350 g/mol. The summed E-state index contributed by atoms with van der Waals surface area (Å²) in [4.78, 5) is 17.3. The van der Waals surface area contributed by atoms with E-state index in [2.05, 4.69) is 16.5 Å². The lowest BCUT2D eigenvalue weighted by atomic mass is 9.82. The zero-order chi connectivity index (χ0) is 19.7. The van der Waals surface area contributed by atoms with Crippen LogP contribution in [0.1, 0.15) is 55.5 Å². The molecule has 1 N–H and O–H groups in total. The Hall–Kier alpha value is -2.94. The molecule has 4 rings (SSSR count). The summed E-state index contributed by atoms with van der Waals surface area (Å²) in [6, 6.07) is 10.3. The molecule has 0 aliphatic heterocycles. The first kappa shape index (κ1) is 18.4. The standard InChI is InChI=1S/C22H25N5O/c1-15-17(10-11-20(28)25-22(14-23)12-6-3-7-13-22)16(2)27-21(24-15)18-8-4-5-9-19(18)26-27/h4-5,8-9H,3,6-7,10-13H2,1-2H3,(H,25,28). The molecule has 6 nitrogen and oxygen atoms in total. The summed E-state index contributed by atoms with van der Waals surface area (Å²) in [6.07, 6.45) is 5.57. The second-order valence-electron chi connectivity index (χ2n) is 7.82. The van der Waals surface area contributed by atoms with Crippen LogP contribution in [0.4, 0.5) is 0 Å². The molecule has 1 aliphatic carbocycles. The SMILES string of the molecule is Cc1nc2c3ccccc3nn2c(C)c1CCC(=O)NC1(C#N)CCCCC1. The summed E-state index contributed by atoms with van der Waals surface area (Å²) in [5.74, 6) is -0.0621. The van der Waals surface area contributed by atoms with Crippen LogP contribution < -0.4 is 5.32 Å². The van der Waals surface area contributed by atoms with Gasteiger partial charge < -0.3 is 5.32 Å². The number of nitrogens with one attached hydrogen (secondary N) is 1. The van der Waals surface area contributed by atoms with Crippen molar-refractivity contribution in [2.24, 2.45) is 0 Å². The Kier molecular flexibility index (Phi) is 4.76. The van der Waals surface area contributed by atoms with Gasteiger partial charge in [0.2, 0.25) is 5.91 Å². The number of amides is 1. The number of fused-ring (bicyclic) bond motifs is 3. The number of aryl methyl sites for hydroxylation is 2. The van der Waals surface area contributed by atoms with Crippen LogP contribution in [0.15, 0.2) is 24.3 Å². The fourth-order valence-corrected chi connectivity index (χ4v) is 4.33. The van der Waals surface area contributed by atoms with Gasteiger partial charge in [0.1, 0.15) is 5.54 Å². The van der Waals surface area contributed by atoms with Crippen LogP contribution in [0.25, 0.3) is 16.6 Å². The first-order valence-electron chi connectivity index (χ1n) is 9.99. The van der Waals surface area contributed by atoms with Crippen LogP contribution in [0, 0.1) is 25.2 Å². The Balaban J connectivity index is 1.55. The van der Waals surface area contributed by atoms with E-state index in [0.29, 0.717) is 12.8 Å². The van der Waals surface area contributed by atoms with Gasteiger partial charge >= 0.3 is 0 Å². The first-order chi connectivity index (χ1) is 13.5. The fourth-order valence-electron chi connectivity index (χ4n) is 4.33. The highest BCUT2D eigenvalue weighted by Crippen LogP contribution is 2.28. The quantitative estimate of drug-likeness (QED) is 0.752. The van der Waals surface area contributed by atoms with Crippen molar-refractivity contribution >= 4 is 22.5 Å². The Bertz CT molecular complexity index is 1090. The average molecular weight is 375 g/mol. The number of benzene rings is 1. The average Bonchev–Trinajstić information content (AvgIpc) is 3.07. The van der Waals surface area contributed by atoms with E-state index in [-0.39, 0.29) is 5.91 Å². The summed E-state index contributed by atoms with van der Waals surface area (Å²) in [7, 11) is 0. The summed E-state index contributed by atoms with van der Waals surface area (Å²) < 4.78 is 1.88. The molecule has 2 aromatic heterocycles. The molecule has 0 atom stereocenters. The van der Waals surface area contributed by atoms with Gasteiger partial charge in [-0.25, -0.2) is 9.50 Å². The van der Waals surface area contributed by atoms with E-state index in [9.17, 15) is 10.1 Å². The van der Waals surface area contributed by atoms with Crippen LogP contribution in [0.3, 0.4) is 0 Å². The van der Waals surface area contributed by atoms with E-state index in [4.69, 9.17) is 4.98 Å². The Morgan fingerprint density at radius 2 is 2.00 bits per heavy atom. The third-order valence-electron chi connectivity index (χ3n) is 5.92. The highest BCUT2D eigenvalue weighted by Gasteiger charge is 2.33. The summed E-state index contributed by atoms with van der Waals surface area (Å²) in [5, 5.41) is 18.3. The molecule has 0 saturated heterocycles. The van der Waals surface area contributed by atoms with E-state index in [1.54, 1.807) is 0 Å². The zero-order valence-electron chi connectivity index (χ0n) is 16.5. The molecule has 0 bridgehead atoms. The maximum absolute atomic E-state index is 12.6. The lowest BCUT2D eigenvalue weighted by Gasteiger charge is -2.31. The summed E-state index contributed by atoms with van der Waals surface area (Å²) in [6.45, 7) is 4.01. The number of carbonyl (C=O) groups is 1. The molecular formula is C22H25N5O. The maximum atomic E-state index is 12.6.